The highest BCUT2D eigenvalue weighted by molar-refractivity contribution is 5.84. The zero-order valence-electron chi connectivity index (χ0n) is 12.1. The molecule has 3 N–H and O–H groups in total. The smallest absolute Gasteiger partial charge is 0.412 e. The van der Waals surface area contributed by atoms with Crippen molar-refractivity contribution in [1.29, 1.82) is 0 Å². The van der Waals surface area contributed by atoms with Gasteiger partial charge in [0.05, 0.1) is 0 Å². The van der Waals surface area contributed by atoms with Crippen molar-refractivity contribution < 1.29 is 19.7 Å². The first kappa shape index (κ1) is 15.9. The van der Waals surface area contributed by atoms with Crippen LogP contribution >= 0.6 is 0 Å². The number of phenolic OH excluding ortho intramolecular Hbond substituents is 1. The molecule has 2 rings (SSSR count). The molecule has 0 aliphatic rings. The lowest BCUT2D eigenvalue weighted by Gasteiger charge is -2.18. The van der Waals surface area contributed by atoms with Crippen LogP contribution in [0.1, 0.15) is 24.5 Å². The van der Waals surface area contributed by atoms with Crippen molar-refractivity contribution >= 4 is 11.8 Å². The second kappa shape index (κ2) is 8.05. The van der Waals surface area contributed by atoms with Crippen LogP contribution in [-0.2, 0) is 4.74 Å². The summed E-state index contributed by atoms with van der Waals surface area (Å²) in [5, 5.41) is 21.0. The van der Waals surface area contributed by atoms with E-state index in [1.807, 2.05) is 18.2 Å². The van der Waals surface area contributed by atoms with Gasteiger partial charge in [-0.05, 0) is 42.7 Å². The third-order valence-electron chi connectivity index (χ3n) is 3.16. The summed E-state index contributed by atoms with van der Waals surface area (Å²) in [6.07, 6.45) is -0.00753. The molecule has 0 saturated heterocycles. The van der Waals surface area contributed by atoms with Crippen molar-refractivity contribution in [3.63, 3.8) is 0 Å². The highest BCUT2D eigenvalue weighted by Gasteiger charge is 2.16. The number of ether oxygens (including phenoxy) is 1. The number of aliphatic hydroxyl groups excluding tert-OH is 1. The van der Waals surface area contributed by atoms with Crippen LogP contribution in [0.4, 0.5) is 10.5 Å². The Hall–Kier alpha value is -2.53. The van der Waals surface area contributed by atoms with Crippen LogP contribution in [0.15, 0.2) is 54.6 Å². The zero-order valence-corrected chi connectivity index (χ0v) is 12.1. The number of nitrogens with one attached hydrogen (secondary N) is 1. The summed E-state index contributed by atoms with van der Waals surface area (Å²) in [6.45, 7) is 0.0260. The van der Waals surface area contributed by atoms with E-state index in [2.05, 4.69) is 5.32 Å². The molecule has 5 heteroatoms. The van der Waals surface area contributed by atoms with Crippen LogP contribution < -0.4 is 5.32 Å². The maximum atomic E-state index is 12.0. The van der Waals surface area contributed by atoms with E-state index in [1.54, 1.807) is 36.4 Å². The first-order valence-electron chi connectivity index (χ1n) is 7.11. The Morgan fingerprint density at radius 2 is 1.77 bits per heavy atom. The third kappa shape index (κ3) is 4.79. The van der Waals surface area contributed by atoms with Gasteiger partial charge in [-0.2, -0.15) is 0 Å². The van der Waals surface area contributed by atoms with Crippen molar-refractivity contribution in [2.75, 3.05) is 11.9 Å². The fourth-order valence-electron chi connectivity index (χ4n) is 2.06. The second-order valence-electron chi connectivity index (χ2n) is 4.84. The molecular formula is C17H19NO4. The van der Waals surface area contributed by atoms with Crippen LogP contribution in [0.2, 0.25) is 0 Å². The number of aliphatic hydroxyl groups is 1. The SMILES string of the molecule is O=C(Nc1ccccc1)O[C@H](CCCO)c1ccc(O)cc1. The van der Waals surface area contributed by atoms with E-state index in [9.17, 15) is 9.90 Å². The van der Waals surface area contributed by atoms with Crippen LogP contribution in [-0.4, -0.2) is 22.9 Å². The van der Waals surface area contributed by atoms with Gasteiger partial charge >= 0.3 is 6.09 Å². The van der Waals surface area contributed by atoms with Crippen molar-refractivity contribution in [2.24, 2.45) is 0 Å². The lowest BCUT2D eigenvalue weighted by molar-refractivity contribution is 0.0995. The summed E-state index contributed by atoms with van der Waals surface area (Å²) in [6, 6.07) is 15.5. The molecule has 0 aliphatic heterocycles. The number of hydrogen-bond acceptors (Lipinski definition) is 4. The lowest BCUT2D eigenvalue weighted by atomic mass is 10.0. The predicted molar refractivity (Wildman–Crippen MR) is 83.7 cm³/mol. The van der Waals surface area contributed by atoms with Gasteiger partial charge in [0.2, 0.25) is 0 Å². The molecule has 22 heavy (non-hydrogen) atoms. The van der Waals surface area contributed by atoms with E-state index >= 15 is 0 Å². The molecule has 1 atom stereocenters. The predicted octanol–water partition coefficient (Wildman–Crippen LogP) is 3.45. The minimum Gasteiger partial charge on any atom is -0.508 e. The average molecular weight is 301 g/mol. The molecule has 2 aromatic carbocycles. The van der Waals surface area contributed by atoms with E-state index in [0.717, 1.165) is 5.56 Å². The molecule has 0 saturated carbocycles. The summed E-state index contributed by atoms with van der Waals surface area (Å²) in [5.41, 5.74) is 1.42. The fourth-order valence-corrected chi connectivity index (χ4v) is 2.06. The zero-order chi connectivity index (χ0) is 15.8. The number of hydrogen-bond donors (Lipinski definition) is 3. The highest BCUT2D eigenvalue weighted by atomic mass is 16.6. The molecule has 0 fully saturated rings. The van der Waals surface area contributed by atoms with Crippen LogP contribution in [0.25, 0.3) is 0 Å². The molecular weight excluding hydrogens is 282 g/mol. The molecule has 0 heterocycles. The Labute approximate surface area is 129 Å². The molecule has 0 bridgehead atoms. The lowest BCUT2D eigenvalue weighted by Crippen LogP contribution is -2.17. The molecule has 1 amide bonds. The Balaban J connectivity index is 2.02. The summed E-state index contributed by atoms with van der Waals surface area (Å²) in [7, 11) is 0. The molecule has 2 aromatic rings. The van der Waals surface area contributed by atoms with Crippen molar-refractivity contribution in [2.45, 2.75) is 18.9 Å². The maximum Gasteiger partial charge on any atom is 0.412 e. The van der Waals surface area contributed by atoms with E-state index in [4.69, 9.17) is 9.84 Å². The van der Waals surface area contributed by atoms with Gasteiger partial charge in [0.25, 0.3) is 0 Å². The minimum absolute atomic E-state index is 0.0260. The summed E-state index contributed by atoms with van der Waals surface area (Å²) < 4.78 is 5.44. The summed E-state index contributed by atoms with van der Waals surface area (Å²) in [5.74, 6) is 0.151. The van der Waals surface area contributed by atoms with Crippen molar-refractivity contribution in [3.8, 4) is 5.75 Å². The van der Waals surface area contributed by atoms with Crippen LogP contribution in [0.5, 0.6) is 5.75 Å². The molecule has 116 valence electrons. The molecule has 0 aliphatic carbocycles. The maximum absolute atomic E-state index is 12.0. The first-order chi connectivity index (χ1) is 10.7. The topological polar surface area (TPSA) is 78.8 Å². The Bertz CT molecular complexity index is 583. The van der Waals surface area contributed by atoms with E-state index < -0.39 is 12.2 Å². The van der Waals surface area contributed by atoms with Gasteiger partial charge in [0.15, 0.2) is 0 Å². The third-order valence-corrected chi connectivity index (χ3v) is 3.16. The number of rotatable bonds is 6. The number of aromatic hydroxyl groups is 1. The Morgan fingerprint density at radius 3 is 2.41 bits per heavy atom. The highest BCUT2D eigenvalue weighted by Crippen LogP contribution is 2.25. The van der Waals surface area contributed by atoms with Gasteiger partial charge in [0, 0.05) is 12.3 Å². The Morgan fingerprint density at radius 1 is 1.09 bits per heavy atom. The average Bonchev–Trinajstić information content (AvgIpc) is 2.53. The van der Waals surface area contributed by atoms with E-state index in [-0.39, 0.29) is 12.4 Å². The quantitative estimate of drug-likeness (QED) is 0.763. The number of anilines is 1. The number of para-hydroxylation sites is 1. The standard InChI is InChI=1S/C17H19NO4/c19-12-4-7-16(13-8-10-15(20)11-9-13)22-17(21)18-14-5-2-1-3-6-14/h1-3,5-6,8-11,16,19-20H,4,7,12H2,(H,18,21)/t16-/m1/s1. The fraction of sp³-hybridized carbons (Fsp3) is 0.235. The largest absolute Gasteiger partial charge is 0.508 e. The van der Waals surface area contributed by atoms with Gasteiger partial charge in [-0.3, -0.25) is 5.32 Å². The number of benzene rings is 2. The van der Waals surface area contributed by atoms with Gasteiger partial charge in [-0.15, -0.1) is 0 Å². The summed E-state index contributed by atoms with van der Waals surface area (Å²) in [4.78, 5) is 12.0. The number of amides is 1. The van der Waals surface area contributed by atoms with Crippen molar-refractivity contribution in [3.05, 3.63) is 60.2 Å². The molecule has 0 radical (unpaired) electrons. The van der Waals surface area contributed by atoms with E-state index in [1.165, 1.54) is 0 Å². The minimum atomic E-state index is -0.554. The number of carbonyl (C=O) groups excluding carboxylic acids is 1. The molecule has 5 nitrogen and oxygen atoms in total. The van der Waals surface area contributed by atoms with Crippen LogP contribution in [0.3, 0.4) is 0 Å². The first-order valence-corrected chi connectivity index (χ1v) is 7.11. The van der Waals surface area contributed by atoms with Gasteiger partial charge in [-0.25, -0.2) is 4.79 Å². The Kier molecular flexibility index (Phi) is 5.80. The second-order valence-corrected chi connectivity index (χ2v) is 4.84. The van der Waals surface area contributed by atoms with E-state index in [0.29, 0.717) is 18.5 Å². The molecule has 0 unspecified atom stereocenters. The molecule has 0 aromatic heterocycles. The van der Waals surface area contributed by atoms with Gasteiger partial charge < -0.3 is 14.9 Å². The molecule has 0 spiro atoms. The van der Waals surface area contributed by atoms with Gasteiger partial charge in [-0.1, -0.05) is 30.3 Å². The monoisotopic (exact) mass is 301 g/mol. The normalized spacial score (nSPS) is 11.7. The number of phenols is 1. The van der Waals surface area contributed by atoms with Crippen LogP contribution in [0, 0.1) is 0 Å². The van der Waals surface area contributed by atoms with Crippen molar-refractivity contribution in [1.82, 2.24) is 0 Å². The van der Waals surface area contributed by atoms with Gasteiger partial charge in [0.1, 0.15) is 11.9 Å². The summed E-state index contributed by atoms with van der Waals surface area (Å²) >= 11 is 0. The number of carbonyl (C=O) groups is 1.